The smallest absolute Gasteiger partial charge is 0.308 e. The first-order chi connectivity index (χ1) is 8.63. The van der Waals surface area contributed by atoms with Crippen molar-refractivity contribution >= 4 is 5.97 Å². The number of likely N-dealkylation sites (tertiary alicyclic amines) is 1. The number of aliphatic carboxylic acids is 1. The Morgan fingerprint density at radius 1 is 1.61 bits per heavy atom. The third kappa shape index (κ3) is 2.56. The molecule has 1 saturated heterocycles. The SMILES string of the molecule is CCCn1cncc1CN1CCC(C(=O)O)C1C. The molecule has 18 heavy (non-hydrogen) atoms. The number of imidazole rings is 1. The van der Waals surface area contributed by atoms with Crippen LogP contribution in [0.5, 0.6) is 0 Å². The Bertz CT molecular complexity index is 416. The highest BCUT2D eigenvalue weighted by Gasteiger charge is 2.35. The van der Waals surface area contributed by atoms with Crippen molar-refractivity contribution in [3.8, 4) is 0 Å². The van der Waals surface area contributed by atoms with Gasteiger partial charge < -0.3 is 9.67 Å². The van der Waals surface area contributed by atoms with Crippen LogP contribution in [0, 0.1) is 5.92 Å². The molecule has 0 amide bonds. The van der Waals surface area contributed by atoms with Crippen LogP contribution in [0.3, 0.4) is 0 Å². The Labute approximate surface area is 107 Å². The van der Waals surface area contributed by atoms with Crippen molar-refractivity contribution in [3.63, 3.8) is 0 Å². The Morgan fingerprint density at radius 2 is 2.39 bits per heavy atom. The fraction of sp³-hybridized carbons (Fsp3) is 0.692. The zero-order valence-corrected chi connectivity index (χ0v) is 11.0. The molecule has 1 N–H and O–H groups in total. The lowest BCUT2D eigenvalue weighted by molar-refractivity contribution is -0.142. The molecule has 0 aromatic carbocycles. The molecular weight excluding hydrogens is 230 g/mol. The van der Waals surface area contributed by atoms with E-state index in [2.05, 4.69) is 21.4 Å². The maximum Gasteiger partial charge on any atom is 0.308 e. The first kappa shape index (κ1) is 13.1. The number of carbonyl (C=O) groups is 1. The van der Waals surface area contributed by atoms with Gasteiger partial charge in [-0.2, -0.15) is 0 Å². The highest BCUT2D eigenvalue weighted by atomic mass is 16.4. The zero-order chi connectivity index (χ0) is 13.1. The van der Waals surface area contributed by atoms with E-state index < -0.39 is 5.97 Å². The van der Waals surface area contributed by atoms with Crippen molar-refractivity contribution in [1.82, 2.24) is 14.5 Å². The minimum absolute atomic E-state index is 0.104. The number of nitrogens with zero attached hydrogens (tertiary/aromatic N) is 3. The van der Waals surface area contributed by atoms with E-state index in [9.17, 15) is 4.79 Å². The molecule has 5 nitrogen and oxygen atoms in total. The molecule has 1 aliphatic rings. The average molecular weight is 251 g/mol. The normalized spacial score (nSPS) is 24.6. The molecule has 0 aliphatic carbocycles. The van der Waals surface area contributed by atoms with Crippen LogP contribution in [0.2, 0.25) is 0 Å². The molecule has 1 aliphatic heterocycles. The van der Waals surface area contributed by atoms with Crippen molar-refractivity contribution < 1.29 is 9.90 Å². The average Bonchev–Trinajstić information content (AvgIpc) is 2.89. The number of hydrogen-bond acceptors (Lipinski definition) is 3. The topological polar surface area (TPSA) is 58.4 Å². The molecule has 0 saturated carbocycles. The maximum atomic E-state index is 11.1. The van der Waals surface area contributed by atoms with Crippen molar-refractivity contribution in [1.29, 1.82) is 0 Å². The summed E-state index contributed by atoms with van der Waals surface area (Å²) in [4.78, 5) is 17.5. The summed E-state index contributed by atoms with van der Waals surface area (Å²) in [6, 6.07) is 0.104. The summed E-state index contributed by atoms with van der Waals surface area (Å²) in [6.45, 7) is 6.77. The maximum absolute atomic E-state index is 11.1. The quantitative estimate of drug-likeness (QED) is 0.863. The second-order valence-corrected chi connectivity index (χ2v) is 5.02. The first-order valence-corrected chi connectivity index (χ1v) is 6.59. The second-order valence-electron chi connectivity index (χ2n) is 5.02. The molecule has 2 atom stereocenters. The molecule has 5 heteroatoms. The predicted octanol–water partition coefficient (Wildman–Crippen LogP) is 1.59. The highest BCUT2D eigenvalue weighted by molar-refractivity contribution is 5.71. The molecule has 2 heterocycles. The molecule has 1 aromatic rings. The molecule has 1 aromatic heterocycles. The molecule has 2 rings (SSSR count). The van der Waals surface area contributed by atoms with Gasteiger partial charge in [0.2, 0.25) is 0 Å². The monoisotopic (exact) mass is 251 g/mol. The van der Waals surface area contributed by atoms with Crippen LogP contribution >= 0.6 is 0 Å². The zero-order valence-electron chi connectivity index (χ0n) is 11.0. The molecule has 2 unspecified atom stereocenters. The molecule has 1 fully saturated rings. The van der Waals surface area contributed by atoms with Crippen LogP contribution in [0.1, 0.15) is 32.4 Å². The summed E-state index contributed by atoms with van der Waals surface area (Å²) in [7, 11) is 0. The van der Waals surface area contributed by atoms with Gasteiger partial charge in [0.15, 0.2) is 0 Å². The summed E-state index contributed by atoms with van der Waals surface area (Å²) in [5.41, 5.74) is 1.18. The lowest BCUT2D eigenvalue weighted by Gasteiger charge is -2.23. The van der Waals surface area contributed by atoms with Gasteiger partial charge in [0.25, 0.3) is 0 Å². The number of rotatable bonds is 5. The van der Waals surface area contributed by atoms with E-state index in [0.717, 1.165) is 32.5 Å². The van der Waals surface area contributed by atoms with Gasteiger partial charge in [-0.1, -0.05) is 6.92 Å². The van der Waals surface area contributed by atoms with E-state index in [1.807, 2.05) is 19.4 Å². The van der Waals surface area contributed by atoms with E-state index in [1.165, 1.54) is 5.69 Å². The van der Waals surface area contributed by atoms with E-state index in [0.29, 0.717) is 0 Å². The van der Waals surface area contributed by atoms with Gasteiger partial charge in [-0.25, -0.2) is 4.98 Å². The van der Waals surface area contributed by atoms with Crippen LogP contribution < -0.4 is 0 Å². The van der Waals surface area contributed by atoms with Gasteiger partial charge in [-0.05, 0) is 26.3 Å². The van der Waals surface area contributed by atoms with E-state index in [1.54, 1.807) is 0 Å². The Balaban J connectivity index is 2.02. The second kappa shape index (κ2) is 5.52. The minimum Gasteiger partial charge on any atom is -0.481 e. The fourth-order valence-corrected chi connectivity index (χ4v) is 2.69. The van der Waals surface area contributed by atoms with Crippen LogP contribution in [0.15, 0.2) is 12.5 Å². The molecular formula is C13H21N3O2. The first-order valence-electron chi connectivity index (χ1n) is 6.59. The number of carboxylic acid groups (broad SMARTS) is 1. The number of carboxylic acids is 1. The summed E-state index contributed by atoms with van der Waals surface area (Å²) >= 11 is 0. The molecule has 0 bridgehead atoms. The fourth-order valence-electron chi connectivity index (χ4n) is 2.69. The Kier molecular flexibility index (Phi) is 4.01. The standard InChI is InChI=1S/C13H21N3O2/c1-3-5-16-9-14-7-11(16)8-15-6-4-12(10(15)2)13(17)18/h7,9-10,12H,3-6,8H2,1-2H3,(H,17,18). The summed E-state index contributed by atoms with van der Waals surface area (Å²) < 4.78 is 2.15. The summed E-state index contributed by atoms with van der Waals surface area (Å²) in [5.74, 6) is -0.903. The van der Waals surface area contributed by atoms with E-state index in [-0.39, 0.29) is 12.0 Å². The summed E-state index contributed by atoms with van der Waals surface area (Å²) in [5, 5.41) is 9.12. The van der Waals surface area contributed by atoms with Gasteiger partial charge in [0.1, 0.15) is 0 Å². The number of aryl methyl sites for hydroxylation is 1. The highest BCUT2D eigenvalue weighted by Crippen LogP contribution is 2.25. The molecule has 0 radical (unpaired) electrons. The van der Waals surface area contributed by atoms with Gasteiger partial charge in [-0.15, -0.1) is 0 Å². The van der Waals surface area contributed by atoms with Crippen molar-refractivity contribution in [2.24, 2.45) is 5.92 Å². The third-order valence-electron chi connectivity index (χ3n) is 3.83. The largest absolute Gasteiger partial charge is 0.481 e. The van der Waals surface area contributed by atoms with E-state index >= 15 is 0 Å². The lowest BCUT2D eigenvalue weighted by atomic mass is 10.0. The van der Waals surface area contributed by atoms with E-state index in [4.69, 9.17) is 5.11 Å². The number of aromatic nitrogens is 2. The van der Waals surface area contributed by atoms with Crippen LogP contribution in [-0.2, 0) is 17.9 Å². The third-order valence-corrected chi connectivity index (χ3v) is 3.83. The van der Waals surface area contributed by atoms with Gasteiger partial charge in [0, 0.05) is 25.3 Å². The van der Waals surface area contributed by atoms with Crippen molar-refractivity contribution in [2.75, 3.05) is 6.54 Å². The van der Waals surface area contributed by atoms with Crippen molar-refractivity contribution in [2.45, 2.75) is 45.8 Å². The molecule has 100 valence electrons. The van der Waals surface area contributed by atoms with Crippen LogP contribution in [0.25, 0.3) is 0 Å². The van der Waals surface area contributed by atoms with Crippen LogP contribution in [0.4, 0.5) is 0 Å². The van der Waals surface area contributed by atoms with Crippen molar-refractivity contribution in [3.05, 3.63) is 18.2 Å². The Morgan fingerprint density at radius 3 is 3.00 bits per heavy atom. The molecule has 0 spiro atoms. The van der Waals surface area contributed by atoms with Crippen LogP contribution in [-0.4, -0.2) is 38.1 Å². The predicted molar refractivity (Wildman–Crippen MR) is 68.1 cm³/mol. The Hall–Kier alpha value is -1.36. The number of hydrogen-bond donors (Lipinski definition) is 1. The summed E-state index contributed by atoms with van der Waals surface area (Å²) in [6.07, 6.45) is 5.57. The van der Waals surface area contributed by atoms with Gasteiger partial charge in [0.05, 0.1) is 17.9 Å². The van der Waals surface area contributed by atoms with Gasteiger partial charge in [-0.3, -0.25) is 9.69 Å². The lowest BCUT2D eigenvalue weighted by Crippen LogP contribution is -2.33. The minimum atomic E-state index is -0.674. The van der Waals surface area contributed by atoms with Gasteiger partial charge >= 0.3 is 5.97 Å².